The van der Waals surface area contributed by atoms with Crippen LogP contribution >= 0.6 is 0 Å². The first-order chi connectivity index (χ1) is 9.24. The summed E-state index contributed by atoms with van der Waals surface area (Å²) < 4.78 is 0. The van der Waals surface area contributed by atoms with Gasteiger partial charge in [-0.1, -0.05) is 0 Å². The van der Waals surface area contributed by atoms with Gasteiger partial charge in [0.05, 0.1) is 0 Å². The average Bonchev–Trinajstić information content (AvgIpc) is 2.88. The second-order valence-electron chi connectivity index (χ2n) is 4.79. The van der Waals surface area contributed by atoms with Gasteiger partial charge in [0.2, 0.25) is 0 Å². The monoisotopic (exact) mass is 263 g/mol. The predicted molar refractivity (Wildman–Crippen MR) is 74.3 cm³/mol. The van der Waals surface area contributed by atoms with Crippen LogP contribution in [0.4, 0.5) is 5.82 Å². The van der Waals surface area contributed by atoms with Crippen molar-refractivity contribution in [1.82, 2.24) is 20.8 Å². The summed E-state index contributed by atoms with van der Waals surface area (Å²) >= 11 is 0. The van der Waals surface area contributed by atoms with Crippen LogP contribution in [0.5, 0.6) is 0 Å². The van der Waals surface area contributed by atoms with Gasteiger partial charge in [-0.2, -0.15) is 0 Å². The Balaban J connectivity index is 1.97. The van der Waals surface area contributed by atoms with Crippen molar-refractivity contribution in [3.05, 3.63) is 17.8 Å². The summed E-state index contributed by atoms with van der Waals surface area (Å²) in [4.78, 5) is 13.8. The smallest absolute Gasteiger partial charge is 0.271 e. The molecule has 1 fully saturated rings. The number of carbonyl (C=O) groups excluding carboxylic acids is 1. The van der Waals surface area contributed by atoms with E-state index in [1.165, 1.54) is 6.42 Å². The molecule has 1 aliphatic rings. The Morgan fingerprint density at radius 2 is 2.32 bits per heavy atom. The maximum absolute atomic E-state index is 11.6. The van der Waals surface area contributed by atoms with E-state index in [0.717, 1.165) is 25.5 Å². The van der Waals surface area contributed by atoms with Crippen LogP contribution in [0.1, 0.15) is 23.8 Å². The number of aromatic nitrogens is 2. The molecule has 2 heterocycles. The van der Waals surface area contributed by atoms with Gasteiger partial charge in [-0.05, 0) is 45.0 Å². The van der Waals surface area contributed by atoms with E-state index in [1.807, 2.05) is 20.0 Å². The van der Waals surface area contributed by atoms with E-state index in [-0.39, 0.29) is 5.91 Å². The van der Waals surface area contributed by atoms with Crippen LogP contribution in [0.15, 0.2) is 12.1 Å². The van der Waals surface area contributed by atoms with Crippen molar-refractivity contribution < 1.29 is 4.79 Å². The zero-order valence-corrected chi connectivity index (χ0v) is 11.5. The molecule has 6 heteroatoms. The van der Waals surface area contributed by atoms with E-state index < -0.39 is 0 Å². The van der Waals surface area contributed by atoms with Crippen LogP contribution in [0.25, 0.3) is 0 Å². The zero-order chi connectivity index (χ0) is 13.7. The Labute approximate surface area is 113 Å². The molecule has 1 saturated heterocycles. The largest absolute Gasteiger partial charge is 0.355 e. The number of nitrogens with zero attached hydrogens (tertiary/aromatic N) is 3. The Bertz CT molecular complexity index is 420. The molecule has 1 amide bonds. The third-order valence-electron chi connectivity index (χ3n) is 3.32. The molecule has 0 spiro atoms. The lowest BCUT2D eigenvalue weighted by molar-refractivity contribution is 0.0950. The predicted octanol–water partition coefficient (Wildman–Crippen LogP) is 0.272. The molecule has 2 rings (SSSR count). The second-order valence-corrected chi connectivity index (χ2v) is 4.79. The molecule has 19 heavy (non-hydrogen) atoms. The third-order valence-corrected chi connectivity index (χ3v) is 3.32. The lowest BCUT2D eigenvalue weighted by Gasteiger charge is -2.16. The lowest BCUT2D eigenvalue weighted by atomic mass is 10.1. The molecular weight excluding hydrogens is 242 g/mol. The van der Waals surface area contributed by atoms with Gasteiger partial charge in [0.1, 0.15) is 0 Å². The first kappa shape index (κ1) is 13.7. The number of hydrogen-bond donors (Lipinski definition) is 2. The van der Waals surface area contributed by atoms with Gasteiger partial charge >= 0.3 is 0 Å². The first-order valence-corrected chi connectivity index (χ1v) is 6.76. The first-order valence-electron chi connectivity index (χ1n) is 6.76. The number of hydrogen-bond acceptors (Lipinski definition) is 5. The van der Waals surface area contributed by atoms with E-state index >= 15 is 0 Å². The molecule has 0 bridgehead atoms. The van der Waals surface area contributed by atoms with E-state index in [0.29, 0.717) is 18.2 Å². The molecule has 0 radical (unpaired) electrons. The van der Waals surface area contributed by atoms with Crippen molar-refractivity contribution >= 4 is 11.7 Å². The number of nitrogens with one attached hydrogen (secondary N) is 2. The molecule has 1 aliphatic heterocycles. The van der Waals surface area contributed by atoms with Gasteiger partial charge in [0, 0.05) is 19.6 Å². The maximum Gasteiger partial charge on any atom is 0.271 e. The second kappa shape index (κ2) is 6.47. The fraction of sp³-hybridized carbons (Fsp3) is 0.615. The highest BCUT2D eigenvalue weighted by atomic mass is 16.1. The summed E-state index contributed by atoms with van der Waals surface area (Å²) in [5.74, 6) is 1.34. The topological polar surface area (TPSA) is 70.2 Å². The van der Waals surface area contributed by atoms with Gasteiger partial charge in [-0.25, -0.2) is 0 Å². The minimum absolute atomic E-state index is 0.170. The van der Waals surface area contributed by atoms with Crippen molar-refractivity contribution in [2.24, 2.45) is 5.92 Å². The van der Waals surface area contributed by atoms with Crippen molar-refractivity contribution in [2.75, 3.05) is 38.1 Å². The van der Waals surface area contributed by atoms with Crippen molar-refractivity contribution in [3.8, 4) is 0 Å². The van der Waals surface area contributed by atoms with Crippen LogP contribution in [0.2, 0.25) is 0 Å². The molecule has 6 nitrogen and oxygen atoms in total. The van der Waals surface area contributed by atoms with Gasteiger partial charge < -0.3 is 15.5 Å². The maximum atomic E-state index is 11.6. The fourth-order valence-electron chi connectivity index (χ4n) is 2.36. The minimum atomic E-state index is -0.170. The van der Waals surface area contributed by atoms with Crippen LogP contribution in [-0.2, 0) is 0 Å². The summed E-state index contributed by atoms with van der Waals surface area (Å²) in [5, 5.41) is 14.1. The molecule has 1 aromatic heterocycles. The van der Waals surface area contributed by atoms with Crippen LogP contribution in [0.3, 0.4) is 0 Å². The number of anilines is 1. The highest BCUT2D eigenvalue weighted by molar-refractivity contribution is 5.92. The summed E-state index contributed by atoms with van der Waals surface area (Å²) in [5.41, 5.74) is 0.372. The van der Waals surface area contributed by atoms with E-state index in [9.17, 15) is 4.79 Å². The number of carbonyl (C=O) groups is 1. The van der Waals surface area contributed by atoms with Gasteiger partial charge in [0.15, 0.2) is 11.5 Å². The average molecular weight is 263 g/mol. The van der Waals surface area contributed by atoms with Gasteiger partial charge in [0.25, 0.3) is 5.91 Å². The summed E-state index contributed by atoms with van der Waals surface area (Å²) in [6, 6.07) is 3.61. The van der Waals surface area contributed by atoms with Crippen molar-refractivity contribution in [2.45, 2.75) is 13.3 Å². The zero-order valence-electron chi connectivity index (χ0n) is 11.5. The molecule has 1 unspecified atom stereocenters. The number of rotatable bonds is 5. The Hall–Kier alpha value is -1.69. The lowest BCUT2D eigenvalue weighted by Crippen LogP contribution is -2.26. The molecule has 0 aliphatic carbocycles. The Kier molecular flexibility index (Phi) is 4.68. The standard InChI is InChI=1S/C13H21N5O/c1-3-15-13(19)11-4-5-12(17-16-11)18-7-6-10(9-18)8-14-2/h4-5,10,14H,3,6-9H2,1-2H3,(H,15,19). The quantitative estimate of drug-likeness (QED) is 0.798. The molecule has 0 aromatic carbocycles. The van der Waals surface area contributed by atoms with Gasteiger partial charge in [-0.15, -0.1) is 10.2 Å². The highest BCUT2D eigenvalue weighted by Crippen LogP contribution is 2.21. The molecule has 1 aromatic rings. The summed E-state index contributed by atoms with van der Waals surface area (Å²) in [6.07, 6.45) is 1.17. The summed E-state index contributed by atoms with van der Waals surface area (Å²) in [6.45, 7) is 5.50. The Morgan fingerprint density at radius 3 is 2.95 bits per heavy atom. The highest BCUT2D eigenvalue weighted by Gasteiger charge is 2.23. The molecule has 0 saturated carbocycles. The minimum Gasteiger partial charge on any atom is -0.355 e. The van der Waals surface area contributed by atoms with Crippen LogP contribution < -0.4 is 15.5 Å². The van der Waals surface area contributed by atoms with E-state index in [1.54, 1.807) is 6.07 Å². The van der Waals surface area contributed by atoms with Gasteiger partial charge in [-0.3, -0.25) is 4.79 Å². The molecule has 1 atom stereocenters. The van der Waals surface area contributed by atoms with Crippen molar-refractivity contribution in [3.63, 3.8) is 0 Å². The van der Waals surface area contributed by atoms with E-state index in [2.05, 4.69) is 25.7 Å². The number of amides is 1. The SMILES string of the molecule is CCNC(=O)c1ccc(N2CCC(CNC)C2)nn1. The van der Waals surface area contributed by atoms with Crippen LogP contribution in [0, 0.1) is 5.92 Å². The third kappa shape index (κ3) is 3.41. The molecule has 104 valence electrons. The van der Waals surface area contributed by atoms with Crippen LogP contribution in [-0.4, -0.2) is 49.3 Å². The summed E-state index contributed by atoms with van der Waals surface area (Å²) in [7, 11) is 1.98. The van der Waals surface area contributed by atoms with Crippen molar-refractivity contribution in [1.29, 1.82) is 0 Å². The molecule has 2 N–H and O–H groups in total. The normalized spacial score (nSPS) is 18.6. The van der Waals surface area contributed by atoms with E-state index in [4.69, 9.17) is 0 Å². The fourth-order valence-corrected chi connectivity index (χ4v) is 2.36. The Morgan fingerprint density at radius 1 is 1.47 bits per heavy atom. The molecular formula is C13H21N5O.